The van der Waals surface area contributed by atoms with E-state index in [0.29, 0.717) is 0 Å². The molecule has 2 atom stereocenters. The topological polar surface area (TPSA) is 90.4 Å². The molecule has 1 aliphatic heterocycles. The first-order chi connectivity index (χ1) is 8.14. The molecule has 3 N–H and O–H groups in total. The van der Waals surface area contributed by atoms with Gasteiger partial charge < -0.3 is 15.6 Å². The third kappa shape index (κ3) is 1.64. The molecule has 1 aliphatic carbocycles. The molecule has 17 heavy (non-hydrogen) atoms. The van der Waals surface area contributed by atoms with Crippen molar-refractivity contribution >= 4 is 5.82 Å². The van der Waals surface area contributed by atoms with E-state index in [4.69, 9.17) is 15.6 Å². The van der Waals surface area contributed by atoms with E-state index in [-0.39, 0.29) is 35.9 Å². The van der Waals surface area contributed by atoms with Crippen molar-refractivity contribution in [1.29, 1.82) is 0 Å². The molecule has 1 saturated carbocycles. The summed E-state index contributed by atoms with van der Waals surface area (Å²) in [7, 11) is 0. The number of nitrogen functional groups attached to an aromatic ring is 1. The maximum Gasteiger partial charge on any atom is 0.351 e. The molecule has 6 nitrogen and oxygen atoms in total. The minimum atomic E-state index is -0.389. The van der Waals surface area contributed by atoms with E-state index < -0.39 is 0 Å². The summed E-state index contributed by atoms with van der Waals surface area (Å²) in [5, 5.41) is 9.16. The Hall–Kier alpha value is -1.40. The number of nitrogens with zero attached hydrogens (tertiary/aromatic N) is 2. The van der Waals surface area contributed by atoms with Gasteiger partial charge in [0.1, 0.15) is 12.0 Å². The quantitative estimate of drug-likeness (QED) is 0.748. The lowest BCUT2D eigenvalue weighted by Crippen LogP contribution is -2.30. The number of hydrogen-bond donors (Lipinski definition) is 2. The van der Waals surface area contributed by atoms with Crippen molar-refractivity contribution in [3.05, 3.63) is 22.7 Å². The van der Waals surface area contributed by atoms with Gasteiger partial charge in [-0.25, -0.2) is 4.79 Å². The molecule has 1 aromatic rings. The van der Waals surface area contributed by atoms with E-state index in [0.717, 1.165) is 19.3 Å². The summed E-state index contributed by atoms with van der Waals surface area (Å²) in [6.45, 7) is -0.00456. The summed E-state index contributed by atoms with van der Waals surface area (Å²) in [6.07, 6.45) is 4.02. The molecule has 2 fully saturated rings. The highest BCUT2D eigenvalue weighted by atomic mass is 16.5. The number of hydrogen-bond acceptors (Lipinski definition) is 5. The average molecular weight is 237 g/mol. The Morgan fingerprint density at radius 1 is 1.65 bits per heavy atom. The third-order valence-corrected chi connectivity index (χ3v) is 3.68. The van der Waals surface area contributed by atoms with E-state index in [1.54, 1.807) is 12.3 Å². The molecule has 6 heteroatoms. The molecule has 2 heterocycles. The van der Waals surface area contributed by atoms with Gasteiger partial charge in [0.15, 0.2) is 0 Å². The Morgan fingerprint density at radius 2 is 2.41 bits per heavy atom. The van der Waals surface area contributed by atoms with E-state index in [1.807, 2.05) is 0 Å². The monoisotopic (exact) mass is 237 g/mol. The summed E-state index contributed by atoms with van der Waals surface area (Å²) in [5.74, 6) is 0.216. The number of nitrogens with two attached hydrogens (primary N) is 1. The Morgan fingerprint density at radius 3 is 3.00 bits per heavy atom. The second kappa shape index (κ2) is 3.54. The maximum atomic E-state index is 11.8. The van der Waals surface area contributed by atoms with E-state index >= 15 is 0 Å². The predicted molar refractivity (Wildman–Crippen MR) is 60.2 cm³/mol. The highest BCUT2D eigenvalue weighted by molar-refractivity contribution is 5.24. The average Bonchev–Trinajstić information content (AvgIpc) is 2.95. The van der Waals surface area contributed by atoms with Crippen LogP contribution in [0.15, 0.2) is 17.1 Å². The summed E-state index contributed by atoms with van der Waals surface area (Å²) in [4.78, 5) is 15.5. The number of rotatable bonds is 2. The van der Waals surface area contributed by atoms with E-state index in [9.17, 15) is 4.79 Å². The van der Waals surface area contributed by atoms with Gasteiger partial charge in [-0.15, -0.1) is 0 Å². The zero-order valence-corrected chi connectivity index (χ0v) is 9.37. The fourth-order valence-corrected chi connectivity index (χ4v) is 2.61. The third-order valence-electron chi connectivity index (χ3n) is 3.68. The van der Waals surface area contributed by atoms with Gasteiger partial charge in [0.25, 0.3) is 0 Å². The van der Waals surface area contributed by atoms with Gasteiger partial charge in [-0.2, -0.15) is 4.98 Å². The lowest BCUT2D eigenvalue weighted by atomic mass is 10.0. The van der Waals surface area contributed by atoms with Crippen molar-refractivity contribution in [3.8, 4) is 0 Å². The minimum absolute atomic E-state index is 0.00456. The molecule has 0 unspecified atom stereocenters. The van der Waals surface area contributed by atoms with Crippen LogP contribution in [-0.4, -0.2) is 27.4 Å². The second-order valence-corrected chi connectivity index (χ2v) is 4.90. The van der Waals surface area contributed by atoms with Gasteiger partial charge in [-0.3, -0.25) is 4.57 Å². The number of ether oxygens (including phenoxy) is 1. The summed E-state index contributed by atoms with van der Waals surface area (Å²) < 4.78 is 7.21. The predicted octanol–water partition coefficient (Wildman–Crippen LogP) is -0.115. The number of aliphatic hydroxyl groups is 1. The number of aromatic nitrogens is 2. The molecule has 1 spiro atoms. The van der Waals surface area contributed by atoms with Crippen LogP contribution in [0, 0.1) is 5.41 Å². The highest BCUT2D eigenvalue weighted by Crippen LogP contribution is 2.62. The fourth-order valence-electron chi connectivity index (χ4n) is 2.61. The zero-order chi connectivity index (χ0) is 12.0. The first-order valence-corrected chi connectivity index (χ1v) is 5.76. The van der Waals surface area contributed by atoms with E-state index in [1.165, 1.54) is 4.57 Å². The van der Waals surface area contributed by atoms with Crippen molar-refractivity contribution < 1.29 is 9.84 Å². The molecule has 1 aromatic heterocycles. The van der Waals surface area contributed by atoms with Gasteiger partial charge in [0, 0.05) is 11.6 Å². The van der Waals surface area contributed by atoms with Crippen molar-refractivity contribution in [2.45, 2.75) is 31.6 Å². The highest BCUT2D eigenvalue weighted by Gasteiger charge is 2.57. The summed E-state index contributed by atoms with van der Waals surface area (Å²) in [5.41, 5.74) is 5.09. The van der Waals surface area contributed by atoms with Gasteiger partial charge in [0.2, 0.25) is 0 Å². The summed E-state index contributed by atoms with van der Waals surface area (Å²) >= 11 is 0. The van der Waals surface area contributed by atoms with E-state index in [2.05, 4.69) is 4.98 Å². The van der Waals surface area contributed by atoms with Crippen molar-refractivity contribution in [1.82, 2.24) is 9.55 Å². The molecule has 92 valence electrons. The van der Waals surface area contributed by atoms with Gasteiger partial charge >= 0.3 is 5.69 Å². The molecule has 0 amide bonds. The normalized spacial score (nSPS) is 29.7. The lowest BCUT2D eigenvalue weighted by molar-refractivity contribution is -0.0389. The summed E-state index contributed by atoms with van der Waals surface area (Å²) in [6, 6.07) is 1.59. The van der Waals surface area contributed by atoms with Crippen LogP contribution in [0.2, 0.25) is 0 Å². The first kappa shape index (κ1) is 10.7. The Balaban J connectivity index is 1.96. The van der Waals surface area contributed by atoms with Gasteiger partial charge in [-0.1, -0.05) is 0 Å². The molecular weight excluding hydrogens is 222 g/mol. The van der Waals surface area contributed by atoms with Gasteiger partial charge in [-0.05, 0) is 25.3 Å². The van der Waals surface area contributed by atoms with Crippen LogP contribution in [0.25, 0.3) is 0 Å². The van der Waals surface area contributed by atoms with Crippen LogP contribution in [-0.2, 0) is 4.74 Å². The van der Waals surface area contributed by atoms with Crippen LogP contribution < -0.4 is 11.4 Å². The van der Waals surface area contributed by atoms with Crippen LogP contribution in [0.4, 0.5) is 5.82 Å². The molecule has 0 bridgehead atoms. The first-order valence-electron chi connectivity index (χ1n) is 5.76. The molecule has 0 radical (unpaired) electrons. The molecule has 3 rings (SSSR count). The number of anilines is 1. The molecule has 1 saturated heterocycles. The largest absolute Gasteiger partial charge is 0.394 e. The van der Waals surface area contributed by atoms with Crippen LogP contribution in [0.3, 0.4) is 0 Å². The fraction of sp³-hybridized carbons (Fsp3) is 0.636. The Bertz CT molecular complexity index is 495. The standard InChI is InChI=1S/C11H15N3O3/c12-8-1-4-14(10(16)13-8)9-11(2-3-11)5-7(6-15)17-9/h1,4,7,9,15H,2-3,5-6H2,(H2,12,13,16)/t7-,9+/m0/s1. The van der Waals surface area contributed by atoms with Crippen molar-refractivity contribution in [2.24, 2.45) is 5.41 Å². The smallest absolute Gasteiger partial charge is 0.351 e. The van der Waals surface area contributed by atoms with Gasteiger partial charge in [0.05, 0.1) is 12.7 Å². The molecule has 0 aromatic carbocycles. The molecular formula is C11H15N3O3. The van der Waals surface area contributed by atoms with Crippen molar-refractivity contribution in [2.75, 3.05) is 12.3 Å². The minimum Gasteiger partial charge on any atom is -0.394 e. The SMILES string of the molecule is Nc1ccn([C@@H]2O[C@H](CO)CC23CC3)c(=O)n1. The van der Waals surface area contributed by atoms with Crippen molar-refractivity contribution in [3.63, 3.8) is 0 Å². The zero-order valence-electron chi connectivity index (χ0n) is 9.37. The second-order valence-electron chi connectivity index (χ2n) is 4.90. The Kier molecular flexibility index (Phi) is 2.24. The Labute approximate surface area is 98.0 Å². The number of aliphatic hydroxyl groups excluding tert-OH is 1. The lowest BCUT2D eigenvalue weighted by Gasteiger charge is -2.19. The molecule has 2 aliphatic rings. The van der Waals surface area contributed by atoms with Crippen LogP contribution in [0.1, 0.15) is 25.5 Å². The maximum absolute atomic E-state index is 11.8. The van der Waals surface area contributed by atoms with Crippen LogP contribution in [0.5, 0.6) is 0 Å². The van der Waals surface area contributed by atoms with Crippen LogP contribution >= 0.6 is 0 Å².